The van der Waals surface area contributed by atoms with Gasteiger partial charge in [0.1, 0.15) is 5.75 Å². The second kappa shape index (κ2) is 3.31. The summed E-state index contributed by atoms with van der Waals surface area (Å²) in [6.45, 7) is 0. The maximum Gasteiger partial charge on any atom is 0.267 e. The van der Waals surface area contributed by atoms with Gasteiger partial charge in [0, 0.05) is 4.91 Å². The molecule has 4 N–H and O–H groups in total. The Morgan fingerprint density at radius 3 is 2.86 bits per heavy atom. The Labute approximate surface area is 78.0 Å². The van der Waals surface area contributed by atoms with E-state index in [4.69, 9.17) is 15.8 Å². The molecule has 1 heterocycles. The van der Waals surface area contributed by atoms with E-state index in [2.05, 4.69) is 20.1 Å². The summed E-state index contributed by atoms with van der Waals surface area (Å²) in [5.41, 5.74) is 13.5. The second-order valence-corrected chi connectivity index (χ2v) is 3.90. The highest BCUT2D eigenvalue weighted by Crippen LogP contribution is 2.15. The third-order valence-electron chi connectivity index (χ3n) is 1.39. The minimum Gasteiger partial charge on any atom is -0.383 e. The Balaban J connectivity index is 3.07. The third-order valence-corrected chi connectivity index (χ3v) is 2.17. The van der Waals surface area contributed by atoms with Crippen LogP contribution in [0.1, 0.15) is 0 Å². The van der Waals surface area contributed by atoms with E-state index in [0.717, 1.165) is 0 Å². The predicted molar refractivity (Wildman–Crippen MR) is 44.1 cm³/mol. The first-order valence-electron chi connectivity index (χ1n) is 3.18. The number of azide groups is 1. The van der Waals surface area contributed by atoms with Gasteiger partial charge in [0.15, 0.2) is 5.84 Å². The lowest BCUT2D eigenvalue weighted by Crippen LogP contribution is -2.53. The Kier molecular flexibility index (Phi) is 2.49. The number of amidine groups is 1. The summed E-state index contributed by atoms with van der Waals surface area (Å²) >= 11 is 0. The lowest BCUT2D eigenvalue weighted by atomic mass is 10.2. The van der Waals surface area contributed by atoms with E-state index in [0.29, 0.717) is 0 Å². The molecule has 14 heavy (non-hydrogen) atoms. The molecular weight excluding hydrogens is 216 g/mol. The fourth-order valence-electron chi connectivity index (χ4n) is 0.820. The van der Waals surface area contributed by atoms with Crippen molar-refractivity contribution in [2.45, 2.75) is 5.66 Å². The molecule has 0 aromatic rings. The van der Waals surface area contributed by atoms with Gasteiger partial charge in [-0.2, -0.15) is 8.42 Å². The van der Waals surface area contributed by atoms with Crippen LogP contribution in [-0.2, 0) is 15.1 Å². The smallest absolute Gasteiger partial charge is 0.267 e. The Hall–Kier alpha value is -1.55. The minimum atomic E-state index is -4.39. The number of rotatable bonds is 3. The predicted octanol–water partition coefficient (Wildman–Crippen LogP) is -1.31. The number of hydrogen-bond donors (Lipinski definition) is 3. The normalized spacial score (nSPS) is 26.2. The van der Waals surface area contributed by atoms with Crippen LogP contribution in [-0.4, -0.2) is 30.2 Å². The van der Waals surface area contributed by atoms with Crippen LogP contribution in [0.5, 0.6) is 0 Å². The summed E-state index contributed by atoms with van der Waals surface area (Å²) in [4.78, 5) is 6.61. The van der Waals surface area contributed by atoms with Crippen molar-refractivity contribution >= 4 is 16.0 Å². The van der Waals surface area contributed by atoms with Gasteiger partial charge < -0.3 is 5.73 Å². The summed E-state index contributed by atoms with van der Waals surface area (Å²) in [7, 11) is -4.39. The molecule has 1 aliphatic heterocycles. The first-order chi connectivity index (χ1) is 6.40. The van der Waals surface area contributed by atoms with Crippen LogP contribution >= 0.6 is 0 Å². The molecule has 0 spiro atoms. The van der Waals surface area contributed by atoms with Crippen molar-refractivity contribution < 1.29 is 17.9 Å². The van der Waals surface area contributed by atoms with Gasteiger partial charge in [0.2, 0.25) is 5.66 Å². The average Bonchev–Trinajstić information content (AvgIpc) is 2.30. The topological polar surface area (TPSA) is 163 Å². The summed E-state index contributed by atoms with van der Waals surface area (Å²) in [5, 5.41) is 6.21. The first-order valence-corrected chi connectivity index (χ1v) is 4.79. The van der Waals surface area contributed by atoms with E-state index in [1.54, 1.807) is 0 Å². The molecule has 10 nitrogen and oxygen atoms in total. The van der Waals surface area contributed by atoms with Crippen LogP contribution in [0.2, 0.25) is 0 Å². The zero-order chi connectivity index (χ0) is 10.8. The molecule has 1 unspecified atom stereocenters. The van der Waals surface area contributed by atoms with Gasteiger partial charge in [0.05, 0.1) is 0 Å². The molecule has 78 valence electrons. The quantitative estimate of drug-likeness (QED) is 0.232. The van der Waals surface area contributed by atoms with Crippen LogP contribution in [0.3, 0.4) is 0 Å². The van der Waals surface area contributed by atoms with Crippen molar-refractivity contribution in [1.82, 2.24) is 5.48 Å². The highest BCUT2D eigenvalue weighted by Gasteiger charge is 2.43. The largest absolute Gasteiger partial charge is 0.383 e. The van der Waals surface area contributed by atoms with E-state index in [1.165, 1.54) is 0 Å². The van der Waals surface area contributed by atoms with Gasteiger partial charge in [-0.05, 0) is 10.7 Å². The number of nitrogens with two attached hydrogens (primary N) is 1. The van der Waals surface area contributed by atoms with Gasteiger partial charge in [-0.3, -0.25) is 9.49 Å². The van der Waals surface area contributed by atoms with Crippen molar-refractivity contribution in [3.05, 3.63) is 10.4 Å². The molecule has 0 aliphatic carbocycles. The van der Waals surface area contributed by atoms with Crippen LogP contribution in [0.25, 0.3) is 10.4 Å². The maximum absolute atomic E-state index is 10.6. The van der Waals surface area contributed by atoms with E-state index in [1.807, 2.05) is 5.48 Å². The molecule has 0 radical (unpaired) electrons. The average molecular weight is 222 g/mol. The lowest BCUT2D eigenvalue weighted by Gasteiger charge is -2.17. The number of oxime groups is 1. The van der Waals surface area contributed by atoms with Gasteiger partial charge in [-0.15, -0.1) is 5.48 Å². The summed E-state index contributed by atoms with van der Waals surface area (Å²) in [6.07, 6.45) is 0. The molecular formula is C3H6N6O4S. The molecule has 0 bridgehead atoms. The van der Waals surface area contributed by atoms with Gasteiger partial charge in [-0.25, -0.2) is 0 Å². The van der Waals surface area contributed by atoms with Gasteiger partial charge >= 0.3 is 0 Å². The fourth-order valence-corrected chi connectivity index (χ4v) is 1.61. The number of hydroxylamine groups is 1. The number of nitrogens with one attached hydrogen (secondary N) is 1. The first kappa shape index (κ1) is 10.5. The molecule has 0 amide bonds. The maximum atomic E-state index is 10.6. The van der Waals surface area contributed by atoms with E-state index < -0.39 is 21.5 Å². The molecule has 0 saturated carbocycles. The summed E-state index contributed by atoms with van der Waals surface area (Å²) in [5.74, 6) is -1.34. The Morgan fingerprint density at radius 2 is 2.50 bits per heavy atom. The van der Waals surface area contributed by atoms with Crippen molar-refractivity contribution in [1.29, 1.82) is 0 Å². The Bertz CT molecular complexity index is 409. The molecule has 0 aromatic carbocycles. The van der Waals surface area contributed by atoms with Crippen molar-refractivity contribution in [2.24, 2.45) is 16.0 Å². The SMILES string of the molecule is [N-]=[N+]=NC1(CS(=O)(=O)O)NON=C1N. The minimum absolute atomic E-state index is 0.382. The molecule has 11 heteroatoms. The molecule has 0 fully saturated rings. The van der Waals surface area contributed by atoms with Crippen molar-refractivity contribution in [2.75, 3.05) is 5.75 Å². The highest BCUT2D eigenvalue weighted by atomic mass is 32.2. The van der Waals surface area contributed by atoms with E-state index in [9.17, 15) is 8.42 Å². The number of nitrogens with zero attached hydrogens (tertiary/aromatic N) is 4. The van der Waals surface area contributed by atoms with Crippen LogP contribution in [0, 0.1) is 0 Å². The molecule has 1 atom stereocenters. The highest BCUT2D eigenvalue weighted by molar-refractivity contribution is 7.85. The fraction of sp³-hybridized carbons (Fsp3) is 0.667. The molecule has 1 rings (SSSR count). The summed E-state index contributed by atoms with van der Waals surface area (Å²) in [6, 6.07) is 0. The zero-order valence-electron chi connectivity index (χ0n) is 6.65. The second-order valence-electron chi connectivity index (χ2n) is 2.45. The van der Waals surface area contributed by atoms with Gasteiger partial charge in [0.25, 0.3) is 10.1 Å². The Morgan fingerprint density at radius 1 is 1.86 bits per heavy atom. The lowest BCUT2D eigenvalue weighted by molar-refractivity contribution is 0.0388. The number of hydrogen-bond acceptors (Lipinski definition) is 7. The molecule has 1 aliphatic rings. The van der Waals surface area contributed by atoms with E-state index in [-0.39, 0.29) is 5.84 Å². The summed E-state index contributed by atoms with van der Waals surface area (Å²) < 4.78 is 29.7. The van der Waals surface area contributed by atoms with Crippen molar-refractivity contribution in [3.63, 3.8) is 0 Å². The third kappa shape index (κ3) is 2.03. The van der Waals surface area contributed by atoms with E-state index >= 15 is 0 Å². The standard InChI is InChI=1S/C3H6N6O4S/c4-2-3(7-9-5,8-13-6-2)1-14(10,11)12/h8H,1H2,(H2,4,6)(H,10,11,12). The van der Waals surface area contributed by atoms with Crippen LogP contribution < -0.4 is 11.2 Å². The monoisotopic (exact) mass is 222 g/mol. The molecule has 0 saturated heterocycles. The van der Waals surface area contributed by atoms with Crippen LogP contribution in [0.15, 0.2) is 10.3 Å². The van der Waals surface area contributed by atoms with Crippen molar-refractivity contribution in [3.8, 4) is 0 Å². The zero-order valence-corrected chi connectivity index (χ0v) is 7.47. The van der Waals surface area contributed by atoms with Crippen LogP contribution in [0.4, 0.5) is 0 Å². The van der Waals surface area contributed by atoms with Gasteiger partial charge in [-0.1, -0.05) is 5.11 Å². The molecule has 0 aromatic heterocycles.